The molecule has 5 rings (SSSR count). The molecule has 0 saturated carbocycles. The average Bonchev–Trinajstić information content (AvgIpc) is 3.43. The molecule has 3 aromatic rings. The number of H-pyrrole nitrogens is 1. The highest BCUT2D eigenvalue weighted by atomic mass is 19.1. The van der Waals surface area contributed by atoms with E-state index in [-0.39, 0.29) is 22.3 Å². The third kappa shape index (κ3) is 3.44. The van der Waals surface area contributed by atoms with Gasteiger partial charge < -0.3 is 14.8 Å². The van der Waals surface area contributed by atoms with E-state index in [0.717, 1.165) is 55.9 Å². The molecular formula is C21H23FN6O2. The summed E-state index contributed by atoms with van der Waals surface area (Å²) in [5.74, 6) is 1.79. The Balaban J connectivity index is 1.45. The third-order valence-corrected chi connectivity index (χ3v) is 6.04. The average molecular weight is 410 g/mol. The van der Waals surface area contributed by atoms with Crippen LogP contribution in [-0.4, -0.2) is 46.1 Å². The highest BCUT2D eigenvalue weighted by Crippen LogP contribution is 2.35. The van der Waals surface area contributed by atoms with Gasteiger partial charge in [-0.15, -0.1) is 0 Å². The van der Waals surface area contributed by atoms with Crippen LogP contribution in [0.3, 0.4) is 0 Å². The van der Waals surface area contributed by atoms with E-state index >= 15 is 0 Å². The minimum absolute atomic E-state index is 0.0327. The number of imidazole rings is 1. The summed E-state index contributed by atoms with van der Waals surface area (Å²) in [5.41, 5.74) is 1.43. The monoisotopic (exact) mass is 410 g/mol. The standard InChI is InChI=1S/C21H23FN6O2/c22-15-5-6-16-17(12-15)24-20(23-16)14-4-3-11-27(13-14)21-18(28(29)30)7-8-19(25-21)26-9-1-2-10-26/h5-8,12,14H,1-4,9-11,13H2,(H,23,24). The van der Waals surface area contributed by atoms with E-state index in [1.54, 1.807) is 18.2 Å². The summed E-state index contributed by atoms with van der Waals surface area (Å²) >= 11 is 0. The fraction of sp³-hybridized carbons (Fsp3) is 0.429. The lowest BCUT2D eigenvalue weighted by atomic mass is 9.97. The zero-order chi connectivity index (χ0) is 20.7. The lowest BCUT2D eigenvalue weighted by molar-refractivity contribution is -0.384. The van der Waals surface area contributed by atoms with Gasteiger partial charge in [-0.3, -0.25) is 10.1 Å². The summed E-state index contributed by atoms with van der Waals surface area (Å²) in [6.07, 6.45) is 4.03. The number of nitrogens with zero attached hydrogens (tertiary/aromatic N) is 5. The number of aromatic nitrogens is 3. The minimum Gasteiger partial charge on any atom is -0.357 e. The molecule has 8 nitrogen and oxygen atoms in total. The van der Waals surface area contributed by atoms with Crippen LogP contribution >= 0.6 is 0 Å². The fourth-order valence-electron chi connectivity index (χ4n) is 4.52. The Bertz CT molecular complexity index is 1090. The van der Waals surface area contributed by atoms with Gasteiger partial charge in [0, 0.05) is 38.2 Å². The molecular weight excluding hydrogens is 387 g/mol. The van der Waals surface area contributed by atoms with Crippen LogP contribution in [0.5, 0.6) is 0 Å². The molecule has 4 heterocycles. The second-order valence-corrected chi connectivity index (χ2v) is 8.03. The molecule has 1 aromatic carbocycles. The van der Waals surface area contributed by atoms with Crippen molar-refractivity contribution in [2.45, 2.75) is 31.6 Å². The molecule has 0 bridgehead atoms. The number of nitro groups is 1. The van der Waals surface area contributed by atoms with Crippen LogP contribution in [0.1, 0.15) is 37.4 Å². The lowest BCUT2D eigenvalue weighted by Crippen LogP contribution is -2.36. The molecule has 2 saturated heterocycles. The van der Waals surface area contributed by atoms with Gasteiger partial charge >= 0.3 is 5.69 Å². The molecule has 2 fully saturated rings. The topological polar surface area (TPSA) is 91.2 Å². The first-order valence-corrected chi connectivity index (χ1v) is 10.4. The summed E-state index contributed by atoms with van der Waals surface area (Å²) in [7, 11) is 0. The molecule has 0 aliphatic carbocycles. The molecule has 9 heteroatoms. The number of benzene rings is 1. The van der Waals surface area contributed by atoms with Gasteiger partial charge in [0.1, 0.15) is 17.5 Å². The fourth-order valence-corrected chi connectivity index (χ4v) is 4.52. The number of nitrogens with one attached hydrogen (secondary N) is 1. The minimum atomic E-state index is -0.357. The van der Waals surface area contributed by atoms with Crippen LogP contribution in [0.4, 0.5) is 21.7 Å². The smallest absolute Gasteiger partial charge is 0.311 e. The third-order valence-electron chi connectivity index (χ3n) is 6.04. The van der Waals surface area contributed by atoms with Crippen LogP contribution in [0, 0.1) is 15.9 Å². The van der Waals surface area contributed by atoms with Crippen molar-refractivity contribution in [2.24, 2.45) is 0 Å². The number of fused-ring (bicyclic) bond motifs is 1. The Morgan fingerprint density at radius 3 is 2.67 bits per heavy atom. The van der Waals surface area contributed by atoms with Gasteiger partial charge in [0.2, 0.25) is 5.82 Å². The Hall–Kier alpha value is -3.23. The maximum absolute atomic E-state index is 13.5. The van der Waals surface area contributed by atoms with Crippen molar-refractivity contribution in [1.29, 1.82) is 0 Å². The first-order valence-electron chi connectivity index (χ1n) is 10.4. The van der Waals surface area contributed by atoms with Crippen molar-refractivity contribution < 1.29 is 9.31 Å². The van der Waals surface area contributed by atoms with E-state index in [1.165, 1.54) is 12.1 Å². The Labute approximate surface area is 172 Å². The number of halogens is 1. The number of hydrogen-bond donors (Lipinski definition) is 1. The van der Waals surface area contributed by atoms with E-state index in [9.17, 15) is 14.5 Å². The molecule has 156 valence electrons. The largest absolute Gasteiger partial charge is 0.357 e. The van der Waals surface area contributed by atoms with Crippen molar-refractivity contribution in [1.82, 2.24) is 15.0 Å². The van der Waals surface area contributed by atoms with Gasteiger partial charge in [0.25, 0.3) is 0 Å². The zero-order valence-corrected chi connectivity index (χ0v) is 16.6. The SMILES string of the molecule is O=[N+]([O-])c1ccc(N2CCCC2)nc1N1CCCC(c2nc3ccc(F)cc3[nH]2)C1. The quantitative estimate of drug-likeness (QED) is 0.517. The van der Waals surface area contributed by atoms with Crippen LogP contribution < -0.4 is 9.80 Å². The van der Waals surface area contributed by atoms with Crippen LogP contribution in [0.25, 0.3) is 11.0 Å². The first kappa shape index (κ1) is 18.8. The molecule has 1 atom stereocenters. The maximum atomic E-state index is 13.5. The number of piperidine rings is 1. The number of pyridine rings is 1. The van der Waals surface area contributed by atoms with E-state index < -0.39 is 0 Å². The molecule has 1 N–H and O–H groups in total. The van der Waals surface area contributed by atoms with Crippen molar-refractivity contribution in [3.63, 3.8) is 0 Å². The van der Waals surface area contributed by atoms with Crippen LogP contribution in [0.15, 0.2) is 30.3 Å². The van der Waals surface area contributed by atoms with Gasteiger partial charge in [0.15, 0.2) is 0 Å². The Kier molecular flexibility index (Phi) is 4.72. The summed E-state index contributed by atoms with van der Waals surface area (Å²) in [5, 5.41) is 11.7. The van der Waals surface area contributed by atoms with Crippen LogP contribution in [-0.2, 0) is 0 Å². The number of rotatable bonds is 4. The molecule has 2 aliphatic heterocycles. The van der Waals surface area contributed by atoms with Crippen molar-refractivity contribution >= 4 is 28.4 Å². The predicted octanol–water partition coefficient (Wildman–Crippen LogP) is 3.99. The van der Waals surface area contributed by atoms with Gasteiger partial charge in [-0.1, -0.05) is 0 Å². The van der Waals surface area contributed by atoms with Gasteiger partial charge in [-0.05, 0) is 49.9 Å². The molecule has 2 aliphatic rings. The summed E-state index contributed by atoms with van der Waals surface area (Å²) in [6.45, 7) is 3.16. The van der Waals surface area contributed by atoms with E-state index in [2.05, 4.69) is 14.9 Å². The second-order valence-electron chi connectivity index (χ2n) is 8.03. The van der Waals surface area contributed by atoms with Crippen molar-refractivity contribution in [3.8, 4) is 0 Å². The molecule has 30 heavy (non-hydrogen) atoms. The van der Waals surface area contributed by atoms with Gasteiger partial charge in [-0.2, -0.15) is 0 Å². The van der Waals surface area contributed by atoms with E-state index in [4.69, 9.17) is 4.98 Å². The highest BCUT2D eigenvalue weighted by Gasteiger charge is 2.30. The molecule has 0 amide bonds. The Morgan fingerprint density at radius 2 is 1.87 bits per heavy atom. The maximum Gasteiger partial charge on any atom is 0.311 e. The van der Waals surface area contributed by atoms with Crippen molar-refractivity contribution in [2.75, 3.05) is 36.0 Å². The molecule has 2 aromatic heterocycles. The van der Waals surface area contributed by atoms with Gasteiger partial charge in [0.05, 0.1) is 16.0 Å². The van der Waals surface area contributed by atoms with Gasteiger partial charge in [-0.25, -0.2) is 14.4 Å². The van der Waals surface area contributed by atoms with E-state index in [1.807, 2.05) is 4.90 Å². The molecule has 0 spiro atoms. The lowest BCUT2D eigenvalue weighted by Gasteiger charge is -2.33. The van der Waals surface area contributed by atoms with Crippen molar-refractivity contribution in [3.05, 3.63) is 52.1 Å². The number of anilines is 2. The summed E-state index contributed by atoms with van der Waals surface area (Å²) in [4.78, 5) is 28.1. The Morgan fingerprint density at radius 1 is 1.07 bits per heavy atom. The predicted molar refractivity (Wildman–Crippen MR) is 113 cm³/mol. The molecule has 1 unspecified atom stereocenters. The zero-order valence-electron chi connectivity index (χ0n) is 16.6. The highest BCUT2D eigenvalue weighted by molar-refractivity contribution is 5.75. The number of hydrogen-bond acceptors (Lipinski definition) is 6. The molecule has 0 radical (unpaired) electrons. The normalized spacial score (nSPS) is 19.6. The van der Waals surface area contributed by atoms with Crippen LogP contribution in [0.2, 0.25) is 0 Å². The summed E-state index contributed by atoms with van der Waals surface area (Å²) in [6, 6.07) is 7.83. The summed E-state index contributed by atoms with van der Waals surface area (Å²) < 4.78 is 13.5. The second kappa shape index (κ2) is 7.55. The first-order chi connectivity index (χ1) is 14.6. The number of aromatic amines is 1. The van der Waals surface area contributed by atoms with E-state index in [0.29, 0.717) is 24.4 Å².